The third-order valence-corrected chi connectivity index (χ3v) is 6.89. The minimum atomic E-state index is -3.64. The van der Waals surface area contributed by atoms with Crippen molar-refractivity contribution >= 4 is 27.0 Å². The third-order valence-electron chi connectivity index (χ3n) is 4.95. The molecule has 3 aromatic rings. The quantitative estimate of drug-likeness (QED) is 0.714. The minimum absolute atomic E-state index is 0.0148. The number of aromatic nitrogens is 3. The lowest BCUT2D eigenvalue weighted by molar-refractivity contribution is -0.131. The summed E-state index contributed by atoms with van der Waals surface area (Å²) < 4.78 is 27.5. The predicted octanol–water partition coefficient (Wildman–Crippen LogP) is 1.34. The highest BCUT2D eigenvalue weighted by Crippen LogP contribution is 2.25. The maximum atomic E-state index is 13.0. The molecule has 4 rings (SSSR count). The average Bonchev–Trinajstić information content (AvgIpc) is 3.15. The summed E-state index contributed by atoms with van der Waals surface area (Å²) in [7, 11) is -3.64. The van der Waals surface area contributed by atoms with Crippen molar-refractivity contribution in [3.63, 3.8) is 0 Å². The maximum absolute atomic E-state index is 13.0. The van der Waals surface area contributed by atoms with Crippen LogP contribution in [-0.2, 0) is 21.2 Å². The zero-order valence-corrected chi connectivity index (χ0v) is 16.3. The van der Waals surface area contributed by atoms with Crippen LogP contribution >= 0.6 is 0 Å². The molecule has 0 saturated carbocycles. The molecule has 28 heavy (non-hydrogen) atoms. The number of nitrogens with one attached hydrogen (secondary N) is 1. The van der Waals surface area contributed by atoms with E-state index in [1.165, 1.54) is 10.5 Å². The summed E-state index contributed by atoms with van der Waals surface area (Å²) in [5.74, 6) is -0.0148. The number of aryl methyl sites for hydroxylation is 1. The molecule has 8 nitrogen and oxygen atoms in total. The Balaban J connectivity index is 1.43. The number of aromatic amines is 1. The van der Waals surface area contributed by atoms with Crippen LogP contribution in [0, 0.1) is 6.92 Å². The summed E-state index contributed by atoms with van der Waals surface area (Å²) in [4.78, 5) is 25.7. The number of H-pyrrole nitrogens is 1. The van der Waals surface area contributed by atoms with Gasteiger partial charge in [0.25, 0.3) is 0 Å². The number of pyridine rings is 2. The molecule has 0 radical (unpaired) electrons. The fourth-order valence-corrected chi connectivity index (χ4v) is 4.92. The van der Waals surface area contributed by atoms with Gasteiger partial charge in [0.05, 0.1) is 6.42 Å². The van der Waals surface area contributed by atoms with Crippen molar-refractivity contribution in [2.75, 3.05) is 26.2 Å². The van der Waals surface area contributed by atoms with Gasteiger partial charge in [-0.15, -0.1) is 0 Å². The summed E-state index contributed by atoms with van der Waals surface area (Å²) >= 11 is 0. The zero-order valence-electron chi connectivity index (χ0n) is 15.5. The highest BCUT2D eigenvalue weighted by molar-refractivity contribution is 7.89. The smallest absolute Gasteiger partial charge is 0.245 e. The van der Waals surface area contributed by atoms with Crippen molar-refractivity contribution in [2.45, 2.75) is 18.2 Å². The van der Waals surface area contributed by atoms with E-state index in [4.69, 9.17) is 0 Å². The number of sulfonamides is 1. The fourth-order valence-electron chi connectivity index (χ4n) is 3.35. The van der Waals surface area contributed by atoms with Gasteiger partial charge >= 0.3 is 0 Å². The zero-order chi connectivity index (χ0) is 19.7. The monoisotopic (exact) mass is 399 g/mol. The molecule has 1 aliphatic rings. The van der Waals surface area contributed by atoms with Gasteiger partial charge in [0.1, 0.15) is 10.5 Å². The lowest BCUT2D eigenvalue weighted by Crippen LogP contribution is -2.50. The predicted molar refractivity (Wildman–Crippen MR) is 104 cm³/mol. The Kier molecular flexibility index (Phi) is 4.86. The van der Waals surface area contributed by atoms with Crippen LogP contribution in [0.25, 0.3) is 11.0 Å². The molecule has 9 heteroatoms. The number of amides is 1. The number of nitrogens with zero attached hydrogens (tertiary/aromatic N) is 4. The van der Waals surface area contributed by atoms with E-state index in [1.54, 1.807) is 29.4 Å². The van der Waals surface area contributed by atoms with Gasteiger partial charge in [0.15, 0.2) is 0 Å². The first-order chi connectivity index (χ1) is 13.4. The Labute approximate surface area is 163 Å². The van der Waals surface area contributed by atoms with Gasteiger partial charge in [0, 0.05) is 55.8 Å². The van der Waals surface area contributed by atoms with E-state index in [-0.39, 0.29) is 30.3 Å². The average molecular weight is 399 g/mol. The first-order valence-electron chi connectivity index (χ1n) is 9.07. The number of piperazine rings is 1. The van der Waals surface area contributed by atoms with Gasteiger partial charge in [0.2, 0.25) is 15.9 Å². The van der Waals surface area contributed by atoms with Crippen LogP contribution in [0.3, 0.4) is 0 Å². The molecule has 1 aliphatic heterocycles. The molecule has 1 saturated heterocycles. The van der Waals surface area contributed by atoms with Gasteiger partial charge < -0.3 is 9.88 Å². The third kappa shape index (κ3) is 3.50. The van der Waals surface area contributed by atoms with Crippen molar-refractivity contribution in [3.8, 4) is 0 Å². The van der Waals surface area contributed by atoms with Crippen LogP contribution in [-0.4, -0.2) is 64.7 Å². The molecular weight excluding hydrogens is 378 g/mol. The number of fused-ring (bicyclic) bond motifs is 1. The topological polar surface area (TPSA) is 99.3 Å². The van der Waals surface area contributed by atoms with E-state index in [9.17, 15) is 13.2 Å². The standard InChI is InChI=1S/C19H21N5O3S/c1-14-4-5-15(12-21-14)11-18(25)23-7-9-24(10-8-23)28(26,27)17-13-22-19-16(17)3-2-6-20-19/h2-6,12-13H,7-11H2,1H3,(H,20,22). The number of hydrogen-bond acceptors (Lipinski definition) is 5. The SMILES string of the molecule is Cc1ccc(CC(=O)N2CCN(S(=O)(=O)c3c[nH]c4ncccc34)CC2)cn1. The summed E-state index contributed by atoms with van der Waals surface area (Å²) in [6, 6.07) is 7.22. The highest BCUT2D eigenvalue weighted by Gasteiger charge is 2.31. The number of rotatable bonds is 4. The summed E-state index contributed by atoms with van der Waals surface area (Å²) in [6.45, 7) is 3.19. The van der Waals surface area contributed by atoms with Crippen LogP contribution in [0.4, 0.5) is 0 Å². The van der Waals surface area contributed by atoms with Crippen LogP contribution in [0.15, 0.2) is 47.8 Å². The van der Waals surface area contributed by atoms with Crippen LogP contribution in [0.1, 0.15) is 11.3 Å². The molecule has 0 unspecified atom stereocenters. The molecule has 1 N–H and O–H groups in total. The van der Waals surface area contributed by atoms with Gasteiger partial charge in [-0.2, -0.15) is 4.31 Å². The van der Waals surface area contributed by atoms with Gasteiger partial charge in [-0.25, -0.2) is 13.4 Å². The fraction of sp³-hybridized carbons (Fsp3) is 0.316. The molecule has 0 aromatic carbocycles. The maximum Gasteiger partial charge on any atom is 0.245 e. The van der Waals surface area contributed by atoms with Crippen molar-refractivity contribution in [1.29, 1.82) is 0 Å². The lowest BCUT2D eigenvalue weighted by Gasteiger charge is -2.34. The van der Waals surface area contributed by atoms with E-state index in [2.05, 4.69) is 15.0 Å². The normalized spacial score (nSPS) is 15.8. The summed E-state index contributed by atoms with van der Waals surface area (Å²) in [5.41, 5.74) is 2.31. The Hall–Kier alpha value is -2.78. The van der Waals surface area contributed by atoms with Crippen molar-refractivity contribution in [3.05, 3.63) is 54.1 Å². The van der Waals surface area contributed by atoms with Crippen LogP contribution in [0.5, 0.6) is 0 Å². The molecule has 4 heterocycles. The van der Waals surface area contributed by atoms with Gasteiger partial charge in [-0.3, -0.25) is 9.78 Å². The Morgan fingerprint density at radius 2 is 1.93 bits per heavy atom. The van der Waals surface area contributed by atoms with Gasteiger partial charge in [-0.1, -0.05) is 6.07 Å². The van der Waals surface area contributed by atoms with E-state index in [0.717, 1.165) is 11.3 Å². The van der Waals surface area contributed by atoms with Crippen molar-refractivity contribution in [2.24, 2.45) is 0 Å². The molecule has 0 spiro atoms. The first kappa shape index (κ1) is 18.6. The minimum Gasteiger partial charge on any atom is -0.345 e. The molecule has 0 atom stereocenters. The molecule has 0 aliphatic carbocycles. The van der Waals surface area contributed by atoms with Crippen LogP contribution < -0.4 is 0 Å². The largest absolute Gasteiger partial charge is 0.345 e. The summed E-state index contributed by atoms with van der Waals surface area (Å²) in [6.07, 6.45) is 5.07. The van der Waals surface area contributed by atoms with Gasteiger partial charge in [-0.05, 0) is 30.7 Å². The highest BCUT2D eigenvalue weighted by atomic mass is 32.2. The molecular formula is C19H21N5O3S. The van der Waals surface area contributed by atoms with E-state index >= 15 is 0 Å². The van der Waals surface area contributed by atoms with Crippen molar-refractivity contribution in [1.82, 2.24) is 24.2 Å². The Morgan fingerprint density at radius 1 is 1.14 bits per heavy atom. The van der Waals surface area contributed by atoms with E-state index in [1.807, 2.05) is 19.1 Å². The Morgan fingerprint density at radius 3 is 2.64 bits per heavy atom. The second-order valence-corrected chi connectivity index (χ2v) is 8.73. The second kappa shape index (κ2) is 7.33. The first-order valence-corrected chi connectivity index (χ1v) is 10.5. The molecule has 146 valence electrons. The second-order valence-electron chi connectivity index (χ2n) is 6.82. The lowest BCUT2D eigenvalue weighted by atomic mass is 10.1. The molecule has 1 amide bonds. The van der Waals surface area contributed by atoms with Crippen LogP contribution in [0.2, 0.25) is 0 Å². The molecule has 0 bridgehead atoms. The molecule has 1 fully saturated rings. The number of hydrogen-bond donors (Lipinski definition) is 1. The molecule has 3 aromatic heterocycles. The van der Waals surface area contributed by atoms with E-state index in [0.29, 0.717) is 24.1 Å². The van der Waals surface area contributed by atoms with E-state index < -0.39 is 10.0 Å². The Bertz CT molecular complexity index is 1100. The number of carbonyl (C=O) groups excluding carboxylic acids is 1. The summed E-state index contributed by atoms with van der Waals surface area (Å²) in [5, 5.41) is 0.577. The number of carbonyl (C=O) groups is 1. The van der Waals surface area contributed by atoms with Crippen molar-refractivity contribution < 1.29 is 13.2 Å².